The van der Waals surface area contributed by atoms with E-state index in [2.05, 4.69) is 36.3 Å². The van der Waals surface area contributed by atoms with Gasteiger partial charge in [-0.15, -0.1) is 0 Å². The zero-order valence-electron chi connectivity index (χ0n) is 12.3. The minimum absolute atomic E-state index is 0.442. The van der Waals surface area contributed by atoms with Gasteiger partial charge >= 0.3 is 0 Å². The van der Waals surface area contributed by atoms with Crippen LogP contribution >= 0.6 is 0 Å². The summed E-state index contributed by atoms with van der Waals surface area (Å²) in [6.45, 7) is 4.73. The molecule has 0 amide bonds. The van der Waals surface area contributed by atoms with Crippen molar-refractivity contribution in [2.24, 2.45) is 5.41 Å². The molecule has 1 aliphatic rings. The van der Waals surface area contributed by atoms with E-state index in [4.69, 9.17) is 5.73 Å². The van der Waals surface area contributed by atoms with Gasteiger partial charge < -0.3 is 11.1 Å². The first-order chi connectivity index (χ1) is 9.55. The molecule has 1 aromatic carbocycles. The number of hydrogen-bond donors (Lipinski definition) is 2. The second-order valence-electron chi connectivity index (χ2n) is 6.70. The van der Waals surface area contributed by atoms with Crippen LogP contribution in [-0.2, 0) is 0 Å². The molecule has 0 saturated heterocycles. The zero-order chi connectivity index (χ0) is 14.2. The number of hydrogen-bond acceptors (Lipinski definition) is 3. The van der Waals surface area contributed by atoms with Gasteiger partial charge in [-0.25, -0.2) is 0 Å². The molecule has 1 heterocycles. The summed E-state index contributed by atoms with van der Waals surface area (Å²) in [5.74, 6) is 0. The Labute approximate surface area is 120 Å². The van der Waals surface area contributed by atoms with Gasteiger partial charge in [0.15, 0.2) is 0 Å². The van der Waals surface area contributed by atoms with Crippen molar-refractivity contribution in [1.82, 2.24) is 4.98 Å². The van der Waals surface area contributed by atoms with Crippen LogP contribution in [0.2, 0.25) is 0 Å². The average Bonchev–Trinajstić information content (AvgIpc) is 2.41. The lowest BCUT2D eigenvalue weighted by Crippen LogP contribution is -2.31. The molecule has 2 aromatic rings. The van der Waals surface area contributed by atoms with Gasteiger partial charge in [-0.3, -0.25) is 4.98 Å². The van der Waals surface area contributed by atoms with Crippen molar-refractivity contribution in [3.8, 4) is 0 Å². The molecule has 3 heteroatoms. The van der Waals surface area contributed by atoms with Gasteiger partial charge in [-0.1, -0.05) is 20.3 Å². The number of rotatable bonds is 2. The standard InChI is InChI=1S/C17H23N3/c1-17(2)9-3-5-12(11-17)20-15-8-7-14(18)16-13(15)6-4-10-19-16/h4,6-8,10,12,20H,3,5,9,11,18H2,1-2H3. The fourth-order valence-corrected chi connectivity index (χ4v) is 3.36. The van der Waals surface area contributed by atoms with Crippen molar-refractivity contribution in [3.63, 3.8) is 0 Å². The number of nitrogen functional groups attached to an aromatic ring is 1. The molecule has 106 valence electrons. The summed E-state index contributed by atoms with van der Waals surface area (Å²) >= 11 is 0. The minimum atomic E-state index is 0.442. The van der Waals surface area contributed by atoms with Gasteiger partial charge in [0.05, 0.1) is 11.2 Å². The highest BCUT2D eigenvalue weighted by Crippen LogP contribution is 2.37. The summed E-state index contributed by atoms with van der Waals surface area (Å²) in [5.41, 5.74) is 9.25. The molecule has 0 radical (unpaired) electrons. The van der Waals surface area contributed by atoms with Crippen molar-refractivity contribution in [3.05, 3.63) is 30.5 Å². The molecular weight excluding hydrogens is 246 g/mol. The maximum atomic E-state index is 6.01. The highest BCUT2D eigenvalue weighted by molar-refractivity contribution is 5.98. The van der Waals surface area contributed by atoms with Gasteiger partial charge in [0, 0.05) is 23.3 Å². The number of benzene rings is 1. The van der Waals surface area contributed by atoms with Crippen molar-refractivity contribution in [2.45, 2.75) is 45.6 Å². The third-order valence-electron chi connectivity index (χ3n) is 4.37. The molecule has 0 spiro atoms. The van der Waals surface area contributed by atoms with Gasteiger partial charge in [0.1, 0.15) is 0 Å². The van der Waals surface area contributed by atoms with E-state index in [1.165, 1.54) is 25.7 Å². The van der Waals surface area contributed by atoms with Crippen LogP contribution in [0.25, 0.3) is 10.9 Å². The molecule has 1 fully saturated rings. The fourth-order valence-electron chi connectivity index (χ4n) is 3.36. The van der Waals surface area contributed by atoms with E-state index in [0.717, 1.165) is 22.3 Å². The van der Waals surface area contributed by atoms with Crippen LogP contribution in [-0.4, -0.2) is 11.0 Å². The molecule has 20 heavy (non-hydrogen) atoms. The van der Waals surface area contributed by atoms with Gasteiger partial charge in [-0.2, -0.15) is 0 Å². The Hall–Kier alpha value is -1.77. The van der Waals surface area contributed by atoms with Crippen LogP contribution in [0.1, 0.15) is 39.5 Å². The maximum absolute atomic E-state index is 6.01. The number of fused-ring (bicyclic) bond motifs is 1. The largest absolute Gasteiger partial charge is 0.397 e. The Kier molecular flexibility index (Phi) is 3.28. The van der Waals surface area contributed by atoms with Gasteiger partial charge in [0.25, 0.3) is 0 Å². The molecule has 1 aromatic heterocycles. The van der Waals surface area contributed by atoms with E-state index < -0.39 is 0 Å². The molecule has 1 atom stereocenters. The van der Waals surface area contributed by atoms with E-state index in [0.29, 0.717) is 11.5 Å². The topological polar surface area (TPSA) is 50.9 Å². The van der Waals surface area contributed by atoms with E-state index in [9.17, 15) is 0 Å². The summed E-state index contributed by atoms with van der Waals surface area (Å²) in [6.07, 6.45) is 6.89. The van der Waals surface area contributed by atoms with E-state index in [1.54, 1.807) is 6.20 Å². The van der Waals surface area contributed by atoms with Crippen molar-refractivity contribution in [2.75, 3.05) is 11.1 Å². The number of nitrogens with two attached hydrogens (primary N) is 1. The third kappa shape index (κ3) is 2.58. The predicted octanol–water partition coefficient (Wildman–Crippen LogP) is 4.20. The van der Waals surface area contributed by atoms with Crippen LogP contribution in [0.5, 0.6) is 0 Å². The first-order valence-corrected chi connectivity index (χ1v) is 7.45. The lowest BCUT2D eigenvalue weighted by atomic mass is 9.75. The Morgan fingerprint density at radius 3 is 2.95 bits per heavy atom. The summed E-state index contributed by atoms with van der Waals surface area (Å²) in [7, 11) is 0. The third-order valence-corrected chi connectivity index (χ3v) is 4.37. The van der Waals surface area contributed by atoms with Crippen LogP contribution in [0, 0.1) is 5.41 Å². The summed E-state index contributed by atoms with van der Waals surface area (Å²) in [6, 6.07) is 8.64. The minimum Gasteiger partial charge on any atom is -0.397 e. The highest BCUT2D eigenvalue weighted by Gasteiger charge is 2.28. The quantitative estimate of drug-likeness (QED) is 0.803. The Morgan fingerprint density at radius 2 is 2.15 bits per heavy atom. The van der Waals surface area contributed by atoms with Crippen molar-refractivity contribution < 1.29 is 0 Å². The Bertz CT molecular complexity index is 619. The number of nitrogens with zero attached hydrogens (tertiary/aromatic N) is 1. The Morgan fingerprint density at radius 1 is 1.30 bits per heavy atom. The molecule has 1 saturated carbocycles. The number of nitrogens with one attached hydrogen (secondary N) is 1. The second-order valence-corrected chi connectivity index (χ2v) is 6.70. The second kappa shape index (κ2) is 4.97. The fraction of sp³-hybridized carbons (Fsp3) is 0.471. The maximum Gasteiger partial charge on any atom is 0.0951 e. The highest BCUT2D eigenvalue weighted by atomic mass is 14.9. The van der Waals surface area contributed by atoms with Crippen molar-refractivity contribution >= 4 is 22.3 Å². The van der Waals surface area contributed by atoms with Crippen LogP contribution in [0.15, 0.2) is 30.5 Å². The van der Waals surface area contributed by atoms with E-state index in [-0.39, 0.29) is 0 Å². The first kappa shape index (κ1) is 13.2. The van der Waals surface area contributed by atoms with Gasteiger partial charge in [-0.05, 0) is 48.9 Å². The van der Waals surface area contributed by atoms with Crippen molar-refractivity contribution in [1.29, 1.82) is 0 Å². The molecule has 1 aliphatic carbocycles. The SMILES string of the molecule is CC1(C)CCCC(Nc2ccc(N)c3ncccc23)C1. The lowest BCUT2D eigenvalue weighted by molar-refractivity contribution is 0.229. The van der Waals surface area contributed by atoms with Crippen LogP contribution in [0.3, 0.4) is 0 Å². The van der Waals surface area contributed by atoms with E-state index in [1.807, 2.05) is 12.1 Å². The summed E-state index contributed by atoms with van der Waals surface area (Å²) < 4.78 is 0. The zero-order valence-corrected chi connectivity index (χ0v) is 12.3. The normalized spacial score (nSPS) is 21.8. The summed E-state index contributed by atoms with van der Waals surface area (Å²) in [5, 5.41) is 4.83. The number of aromatic nitrogens is 1. The molecule has 3 nitrogen and oxygen atoms in total. The monoisotopic (exact) mass is 269 g/mol. The number of pyridine rings is 1. The van der Waals surface area contributed by atoms with Crippen LogP contribution < -0.4 is 11.1 Å². The Balaban J connectivity index is 1.90. The van der Waals surface area contributed by atoms with Gasteiger partial charge in [0.2, 0.25) is 0 Å². The molecule has 1 unspecified atom stereocenters. The van der Waals surface area contributed by atoms with E-state index >= 15 is 0 Å². The average molecular weight is 269 g/mol. The number of anilines is 2. The lowest BCUT2D eigenvalue weighted by Gasteiger charge is -2.36. The molecular formula is C17H23N3. The molecule has 0 aliphatic heterocycles. The smallest absolute Gasteiger partial charge is 0.0951 e. The molecule has 0 bridgehead atoms. The molecule has 3 rings (SSSR count). The van der Waals surface area contributed by atoms with Crippen LogP contribution in [0.4, 0.5) is 11.4 Å². The molecule has 3 N–H and O–H groups in total. The predicted molar refractivity (Wildman–Crippen MR) is 85.8 cm³/mol. The summed E-state index contributed by atoms with van der Waals surface area (Å²) in [4.78, 5) is 4.40. The first-order valence-electron chi connectivity index (χ1n) is 7.45.